The highest BCUT2D eigenvalue weighted by molar-refractivity contribution is 5.82. The number of benzene rings is 1. The predicted octanol–water partition coefficient (Wildman–Crippen LogP) is 3.53. The van der Waals surface area contributed by atoms with Crippen molar-refractivity contribution >= 4 is 16.9 Å². The molecule has 0 spiro atoms. The normalized spacial score (nSPS) is 17.7. The summed E-state index contributed by atoms with van der Waals surface area (Å²) in [7, 11) is 0. The molecule has 2 heterocycles. The van der Waals surface area contributed by atoms with Gasteiger partial charge in [-0.2, -0.15) is 0 Å². The summed E-state index contributed by atoms with van der Waals surface area (Å²) in [5, 5.41) is 0.921. The van der Waals surface area contributed by atoms with Gasteiger partial charge in [-0.25, -0.2) is 4.79 Å². The minimum absolute atomic E-state index is 0.00785. The first kappa shape index (κ1) is 17.5. The van der Waals surface area contributed by atoms with Crippen LogP contribution in [0.3, 0.4) is 0 Å². The van der Waals surface area contributed by atoms with Crippen molar-refractivity contribution in [3.05, 3.63) is 40.2 Å². The number of nitrogens with zero attached hydrogens (tertiary/aromatic N) is 1. The summed E-state index contributed by atoms with van der Waals surface area (Å²) in [5.74, 6) is 0.552. The van der Waals surface area contributed by atoms with Crippen LogP contribution in [0, 0.1) is 0 Å². The Morgan fingerprint density at radius 2 is 2.16 bits per heavy atom. The fourth-order valence-electron chi connectivity index (χ4n) is 3.47. The van der Waals surface area contributed by atoms with Gasteiger partial charge in [0, 0.05) is 30.1 Å². The summed E-state index contributed by atoms with van der Waals surface area (Å²) in [4.78, 5) is 26.0. The highest BCUT2D eigenvalue weighted by Crippen LogP contribution is 2.24. The summed E-state index contributed by atoms with van der Waals surface area (Å²) in [6.07, 6.45) is 5.06. The van der Waals surface area contributed by atoms with Gasteiger partial charge in [-0.15, -0.1) is 0 Å². The predicted molar refractivity (Wildman–Crippen MR) is 97.0 cm³/mol. The van der Waals surface area contributed by atoms with E-state index in [2.05, 4.69) is 13.8 Å². The standard InChI is InChI=1S/C20H25NO4/c1-3-6-15-11-20(23)25-18-12-16(8-9-17(15)18)24-13-19(22)21-10-5-4-7-14(21)2/h8-9,11-12,14H,3-7,10,13H2,1-2H3. The van der Waals surface area contributed by atoms with Gasteiger partial charge in [0.15, 0.2) is 6.61 Å². The second-order valence-corrected chi connectivity index (χ2v) is 6.72. The lowest BCUT2D eigenvalue weighted by molar-refractivity contribution is -0.136. The number of hydrogen-bond donors (Lipinski definition) is 0. The molecule has 2 aromatic rings. The highest BCUT2D eigenvalue weighted by Gasteiger charge is 2.23. The molecular formula is C20H25NO4. The molecule has 134 valence electrons. The smallest absolute Gasteiger partial charge is 0.336 e. The van der Waals surface area contributed by atoms with E-state index in [4.69, 9.17) is 9.15 Å². The number of rotatable bonds is 5. The first-order valence-corrected chi connectivity index (χ1v) is 9.07. The maximum atomic E-state index is 12.4. The molecule has 1 aliphatic heterocycles. The molecule has 1 amide bonds. The van der Waals surface area contributed by atoms with Gasteiger partial charge in [-0.3, -0.25) is 4.79 Å². The van der Waals surface area contributed by atoms with E-state index in [0.29, 0.717) is 11.3 Å². The lowest BCUT2D eigenvalue weighted by atomic mass is 10.0. The quantitative estimate of drug-likeness (QED) is 0.779. The molecule has 0 N–H and O–H groups in total. The molecule has 25 heavy (non-hydrogen) atoms. The van der Waals surface area contributed by atoms with Gasteiger partial charge in [0.2, 0.25) is 0 Å². The van der Waals surface area contributed by atoms with Crippen molar-refractivity contribution in [3.63, 3.8) is 0 Å². The molecule has 5 heteroatoms. The van der Waals surface area contributed by atoms with Gasteiger partial charge in [0.1, 0.15) is 11.3 Å². The average molecular weight is 343 g/mol. The topological polar surface area (TPSA) is 59.8 Å². The van der Waals surface area contributed by atoms with E-state index in [1.54, 1.807) is 12.1 Å². The van der Waals surface area contributed by atoms with Gasteiger partial charge in [-0.1, -0.05) is 13.3 Å². The largest absolute Gasteiger partial charge is 0.484 e. The van der Waals surface area contributed by atoms with Gasteiger partial charge in [0.25, 0.3) is 5.91 Å². The van der Waals surface area contributed by atoms with E-state index in [-0.39, 0.29) is 24.2 Å². The Morgan fingerprint density at radius 1 is 1.32 bits per heavy atom. The van der Waals surface area contributed by atoms with Crippen LogP contribution in [-0.2, 0) is 11.2 Å². The maximum Gasteiger partial charge on any atom is 0.336 e. The van der Waals surface area contributed by atoms with Gasteiger partial charge in [-0.05, 0) is 50.3 Å². The number of likely N-dealkylation sites (tertiary alicyclic amines) is 1. The first-order chi connectivity index (χ1) is 12.1. The second-order valence-electron chi connectivity index (χ2n) is 6.72. The fraction of sp³-hybridized carbons (Fsp3) is 0.500. The van der Waals surface area contributed by atoms with Crippen LogP contribution in [0.2, 0.25) is 0 Å². The average Bonchev–Trinajstić information content (AvgIpc) is 2.60. The minimum Gasteiger partial charge on any atom is -0.484 e. The molecule has 1 saturated heterocycles. The van der Waals surface area contributed by atoms with Crippen molar-refractivity contribution < 1.29 is 13.9 Å². The number of carbonyl (C=O) groups excluding carboxylic acids is 1. The third-order valence-electron chi connectivity index (χ3n) is 4.81. The summed E-state index contributed by atoms with van der Waals surface area (Å²) in [6, 6.07) is 7.24. The molecule has 1 atom stereocenters. The Hall–Kier alpha value is -2.30. The minimum atomic E-state index is -0.355. The van der Waals surface area contributed by atoms with E-state index < -0.39 is 0 Å². The van der Waals surface area contributed by atoms with Crippen LogP contribution in [0.5, 0.6) is 5.75 Å². The molecule has 0 saturated carbocycles. The number of hydrogen-bond acceptors (Lipinski definition) is 4. The van der Waals surface area contributed by atoms with Crippen LogP contribution < -0.4 is 10.4 Å². The number of piperidine rings is 1. The Bertz CT molecular complexity index is 811. The van der Waals surface area contributed by atoms with Gasteiger partial charge >= 0.3 is 5.63 Å². The van der Waals surface area contributed by atoms with Crippen molar-refractivity contribution in [2.75, 3.05) is 13.2 Å². The molecule has 1 aliphatic rings. The van der Waals surface area contributed by atoms with E-state index in [9.17, 15) is 9.59 Å². The molecule has 1 unspecified atom stereocenters. The number of ether oxygens (including phenoxy) is 1. The van der Waals surface area contributed by atoms with Crippen LogP contribution in [-0.4, -0.2) is 30.0 Å². The van der Waals surface area contributed by atoms with Crippen molar-refractivity contribution in [1.29, 1.82) is 0 Å². The molecule has 1 fully saturated rings. The number of amides is 1. The molecule has 5 nitrogen and oxygen atoms in total. The maximum absolute atomic E-state index is 12.4. The fourth-order valence-corrected chi connectivity index (χ4v) is 3.47. The summed E-state index contributed by atoms with van der Waals surface area (Å²) in [5.41, 5.74) is 1.14. The molecule has 0 aliphatic carbocycles. The monoisotopic (exact) mass is 343 g/mol. The lowest BCUT2D eigenvalue weighted by Gasteiger charge is -2.33. The van der Waals surface area contributed by atoms with E-state index in [1.807, 2.05) is 17.0 Å². The number of carbonyl (C=O) groups is 1. The van der Waals surface area contributed by atoms with Crippen LogP contribution in [0.25, 0.3) is 11.0 Å². The summed E-state index contributed by atoms with van der Waals surface area (Å²) in [6.45, 7) is 4.97. The third-order valence-corrected chi connectivity index (χ3v) is 4.81. The van der Waals surface area contributed by atoms with Crippen molar-refractivity contribution in [1.82, 2.24) is 4.90 Å². The lowest BCUT2D eigenvalue weighted by Crippen LogP contribution is -2.44. The van der Waals surface area contributed by atoms with E-state index in [0.717, 1.165) is 43.2 Å². The van der Waals surface area contributed by atoms with Crippen LogP contribution in [0.4, 0.5) is 0 Å². The molecule has 1 aromatic carbocycles. The van der Waals surface area contributed by atoms with Crippen molar-refractivity contribution in [3.8, 4) is 5.75 Å². The van der Waals surface area contributed by atoms with Crippen molar-refractivity contribution in [2.45, 2.75) is 52.0 Å². The van der Waals surface area contributed by atoms with Gasteiger partial charge in [0.05, 0.1) is 0 Å². The SMILES string of the molecule is CCCc1cc(=O)oc2cc(OCC(=O)N3CCCCC3C)ccc12. The Morgan fingerprint density at radius 3 is 2.92 bits per heavy atom. The van der Waals surface area contributed by atoms with Gasteiger partial charge < -0.3 is 14.1 Å². The second kappa shape index (κ2) is 7.72. The Labute approximate surface area is 147 Å². The molecule has 0 radical (unpaired) electrons. The molecule has 3 rings (SSSR count). The van der Waals surface area contributed by atoms with Crippen molar-refractivity contribution in [2.24, 2.45) is 0 Å². The number of fused-ring (bicyclic) bond motifs is 1. The van der Waals surface area contributed by atoms with Crippen LogP contribution >= 0.6 is 0 Å². The Balaban J connectivity index is 1.73. The highest BCUT2D eigenvalue weighted by atomic mass is 16.5. The number of aryl methyl sites for hydroxylation is 1. The molecule has 0 bridgehead atoms. The third kappa shape index (κ3) is 4.03. The van der Waals surface area contributed by atoms with E-state index in [1.165, 1.54) is 6.42 Å². The van der Waals surface area contributed by atoms with Crippen LogP contribution in [0.15, 0.2) is 33.5 Å². The summed E-state index contributed by atoms with van der Waals surface area (Å²) < 4.78 is 11.0. The molecule has 1 aromatic heterocycles. The zero-order chi connectivity index (χ0) is 17.8. The Kier molecular flexibility index (Phi) is 5.41. The summed E-state index contributed by atoms with van der Waals surface area (Å²) >= 11 is 0. The zero-order valence-electron chi connectivity index (χ0n) is 14.9. The van der Waals surface area contributed by atoms with Crippen LogP contribution in [0.1, 0.15) is 45.1 Å². The molecular weight excluding hydrogens is 318 g/mol. The van der Waals surface area contributed by atoms with E-state index >= 15 is 0 Å². The first-order valence-electron chi connectivity index (χ1n) is 9.07. The zero-order valence-corrected chi connectivity index (χ0v) is 14.9.